The Morgan fingerprint density at radius 2 is 1.64 bits per heavy atom. The van der Waals surface area contributed by atoms with Crippen LogP contribution >= 0.6 is 11.6 Å². The van der Waals surface area contributed by atoms with Crippen molar-refractivity contribution in [1.82, 2.24) is 10.6 Å². The van der Waals surface area contributed by atoms with Gasteiger partial charge in [-0.3, -0.25) is 9.59 Å². The first kappa shape index (κ1) is 21.4. The van der Waals surface area contributed by atoms with E-state index in [-0.39, 0.29) is 12.8 Å². The summed E-state index contributed by atoms with van der Waals surface area (Å²) >= 11 is 5.91. The van der Waals surface area contributed by atoms with E-state index in [0.29, 0.717) is 16.1 Å². The average Bonchev–Trinajstić information content (AvgIpc) is 2.62. The molecule has 0 unspecified atom stereocenters. The molecule has 148 valence electrons. The number of nitrogens with one attached hydrogen (secondary N) is 2. The van der Waals surface area contributed by atoms with Gasteiger partial charge < -0.3 is 15.7 Å². The predicted octanol–water partition coefficient (Wildman–Crippen LogP) is 2.34. The predicted molar refractivity (Wildman–Crippen MR) is 102 cm³/mol. The lowest BCUT2D eigenvalue weighted by Gasteiger charge is -2.21. The van der Waals surface area contributed by atoms with E-state index in [1.165, 1.54) is 31.2 Å². The maximum absolute atomic E-state index is 13.1. The van der Waals surface area contributed by atoms with Crippen LogP contribution in [0.1, 0.15) is 18.1 Å². The molecule has 2 aromatic carbocycles. The maximum Gasteiger partial charge on any atom is 0.326 e. The normalized spacial score (nSPS) is 12.7. The van der Waals surface area contributed by atoms with Gasteiger partial charge in [0.2, 0.25) is 11.8 Å². The summed E-state index contributed by atoms with van der Waals surface area (Å²) in [4.78, 5) is 35.7. The van der Waals surface area contributed by atoms with Crippen molar-refractivity contribution >= 4 is 29.4 Å². The molecule has 0 heterocycles. The van der Waals surface area contributed by atoms with E-state index in [4.69, 9.17) is 11.6 Å². The number of rotatable bonds is 8. The molecule has 6 nitrogen and oxygen atoms in total. The highest BCUT2D eigenvalue weighted by atomic mass is 35.5. The fourth-order valence-electron chi connectivity index (χ4n) is 2.68. The molecular weight excluding hydrogens is 387 g/mol. The third-order valence-electron chi connectivity index (χ3n) is 3.99. The Kier molecular flexibility index (Phi) is 7.52. The van der Waals surface area contributed by atoms with Gasteiger partial charge in [0.05, 0.1) is 0 Å². The van der Waals surface area contributed by atoms with Gasteiger partial charge in [0, 0.05) is 24.8 Å². The maximum atomic E-state index is 13.1. The first-order valence-electron chi connectivity index (χ1n) is 8.53. The van der Waals surface area contributed by atoms with Crippen molar-refractivity contribution in [2.24, 2.45) is 0 Å². The summed E-state index contributed by atoms with van der Waals surface area (Å²) in [6.45, 7) is 1.26. The third-order valence-corrected chi connectivity index (χ3v) is 4.23. The molecule has 2 aromatic rings. The molecule has 0 saturated carbocycles. The number of hydrogen-bond donors (Lipinski definition) is 3. The van der Waals surface area contributed by atoms with Gasteiger partial charge in [-0.2, -0.15) is 0 Å². The summed E-state index contributed by atoms with van der Waals surface area (Å²) < 4.78 is 13.1. The van der Waals surface area contributed by atoms with Crippen molar-refractivity contribution in [3.8, 4) is 0 Å². The number of carboxylic acids is 1. The Labute approximate surface area is 166 Å². The molecule has 0 spiro atoms. The minimum absolute atomic E-state index is 0.0327. The summed E-state index contributed by atoms with van der Waals surface area (Å²) in [6, 6.07) is 9.97. The van der Waals surface area contributed by atoms with Crippen LogP contribution in [0.2, 0.25) is 5.02 Å². The molecule has 0 fully saturated rings. The van der Waals surface area contributed by atoms with Crippen LogP contribution in [0.3, 0.4) is 0 Å². The van der Waals surface area contributed by atoms with Gasteiger partial charge in [-0.05, 0) is 35.4 Å². The van der Waals surface area contributed by atoms with Gasteiger partial charge in [0.15, 0.2) is 0 Å². The molecule has 0 aliphatic rings. The number of hydrogen-bond acceptors (Lipinski definition) is 3. The molecule has 8 heteroatoms. The Balaban J connectivity index is 2.12. The van der Waals surface area contributed by atoms with E-state index in [2.05, 4.69) is 10.6 Å². The van der Waals surface area contributed by atoms with E-state index in [1.54, 1.807) is 24.3 Å². The summed E-state index contributed by atoms with van der Waals surface area (Å²) in [5.41, 5.74) is 1.27. The number of aliphatic carboxylic acids is 1. The number of carbonyl (C=O) groups is 3. The third kappa shape index (κ3) is 6.66. The molecule has 28 heavy (non-hydrogen) atoms. The number of benzene rings is 2. The minimum atomic E-state index is -1.21. The quantitative estimate of drug-likeness (QED) is 0.627. The number of carbonyl (C=O) groups excluding carboxylic acids is 2. The number of carboxylic acid groups (broad SMARTS) is 1. The van der Waals surface area contributed by atoms with Crippen LogP contribution in [0.4, 0.5) is 4.39 Å². The summed E-state index contributed by atoms with van der Waals surface area (Å²) in [5, 5.41) is 14.9. The molecule has 3 N–H and O–H groups in total. The fourth-order valence-corrected chi connectivity index (χ4v) is 2.90. The number of halogens is 2. The number of amides is 2. The van der Waals surface area contributed by atoms with Crippen LogP contribution in [-0.2, 0) is 27.2 Å². The zero-order valence-corrected chi connectivity index (χ0v) is 15.9. The van der Waals surface area contributed by atoms with Crippen molar-refractivity contribution in [3.05, 3.63) is 70.5 Å². The zero-order valence-electron chi connectivity index (χ0n) is 15.1. The molecule has 0 saturated heterocycles. The lowest BCUT2D eigenvalue weighted by molar-refractivity contribution is -0.142. The first-order chi connectivity index (χ1) is 13.2. The second kappa shape index (κ2) is 9.85. The second-order valence-electron chi connectivity index (χ2n) is 6.32. The molecule has 0 aliphatic heterocycles. The molecule has 0 aromatic heterocycles. The van der Waals surface area contributed by atoms with Crippen molar-refractivity contribution in [2.45, 2.75) is 31.8 Å². The van der Waals surface area contributed by atoms with E-state index >= 15 is 0 Å². The zero-order chi connectivity index (χ0) is 20.7. The van der Waals surface area contributed by atoms with Gasteiger partial charge >= 0.3 is 5.97 Å². The monoisotopic (exact) mass is 406 g/mol. The second-order valence-corrected chi connectivity index (χ2v) is 6.75. The standard InChI is InChI=1S/C20H20ClFN2O4/c1-12(25)23-17(10-13-5-7-16(22)8-6-13)19(26)24-18(20(27)28)11-14-3-2-4-15(21)9-14/h2-9,17-18H,10-11H2,1H3,(H,23,25)(H,24,26)(H,27,28)/t17-,18-/m0/s1. The Morgan fingerprint density at radius 3 is 2.21 bits per heavy atom. The van der Waals surface area contributed by atoms with E-state index in [0.717, 1.165) is 0 Å². The Bertz CT molecular complexity index is 858. The summed E-state index contributed by atoms with van der Waals surface area (Å²) in [6.07, 6.45) is 0.125. The van der Waals surface area contributed by atoms with E-state index in [1.807, 2.05) is 0 Å². The largest absolute Gasteiger partial charge is 0.480 e. The smallest absolute Gasteiger partial charge is 0.326 e. The van der Waals surface area contributed by atoms with Crippen LogP contribution in [-0.4, -0.2) is 35.0 Å². The van der Waals surface area contributed by atoms with Gasteiger partial charge in [-0.15, -0.1) is 0 Å². The first-order valence-corrected chi connectivity index (χ1v) is 8.91. The highest BCUT2D eigenvalue weighted by Crippen LogP contribution is 2.13. The summed E-state index contributed by atoms with van der Waals surface area (Å²) in [7, 11) is 0. The van der Waals surface area contributed by atoms with Crippen LogP contribution in [0, 0.1) is 5.82 Å². The van der Waals surface area contributed by atoms with Crippen LogP contribution in [0.25, 0.3) is 0 Å². The lowest BCUT2D eigenvalue weighted by atomic mass is 10.0. The molecule has 2 atom stereocenters. The van der Waals surface area contributed by atoms with Gasteiger partial charge in [-0.1, -0.05) is 35.9 Å². The highest BCUT2D eigenvalue weighted by molar-refractivity contribution is 6.30. The van der Waals surface area contributed by atoms with Crippen molar-refractivity contribution < 1.29 is 23.9 Å². The molecular formula is C20H20ClFN2O4. The van der Waals surface area contributed by atoms with Crippen molar-refractivity contribution in [1.29, 1.82) is 0 Å². The topological polar surface area (TPSA) is 95.5 Å². The molecule has 2 rings (SSSR count). The van der Waals surface area contributed by atoms with Gasteiger partial charge in [-0.25, -0.2) is 9.18 Å². The molecule has 0 bridgehead atoms. The minimum Gasteiger partial charge on any atom is -0.480 e. The SMILES string of the molecule is CC(=O)N[C@@H](Cc1ccc(F)cc1)C(=O)N[C@@H](Cc1cccc(Cl)c1)C(=O)O. The van der Waals surface area contributed by atoms with E-state index < -0.39 is 35.7 Å². The molecule has 0 aliphatic carbocycles. The Morgan fingerprint density at radius 1 is 1.00 bits per heavy atom. The van der Waals surface area contributed by atoms with Crippen LogP contribution in [0.15, 0.2) is 48.5 Å². The van der Waals surface area contributed by atoms with Crippen LogP contribution in [0.5, 0.6) is 0 Å². The van der Waals surface area contributed by atoms with Crippen LogP contribution < -0.4 is 10.6 Å². The average molecular weight is 407 g/mol. The van der Waals surface area contributed by atoms with Crippen molar-refractivity contribution in [3.63, 3.8) is 0 Å². The van der Waals surface area contributed by atoms with Crippen molar-refractivity contribution in [2.75, 3.05) is 0 Å². The fraction of sp³-hybridized carbons (Fsp3) is 0.250. The Hall–Kier alpha value is -2.93. The van der Waals surface area contributed by atoms with Gasteiger partial charge in [0.25, 0.3) is 0 Å². The van der Waals surface area contributed by atoms with E-state index in [9.17, 15) is 23.9 Å². The summed E-state index contributed by atoms with van der Waals surface area (Å²) in [5.74, 6) is -2.72. The lowest BCUT2D eigenvalue weighted by Crippen LogP contribution is -2.52. The molecule has 2 amide bonds. The molecule has 0 radical (unpaired) electrons. The van der Waals surface area contributed by atoms with Gasteiger partial charge in [0.1, 0.15) is 17.9 Å². The highest BCUT2D eigenvalue weighted by Gasteiger charge is 2.26.